The number of piperazine rings is 1. The molecule has 0 bridgehead atoms. The third kappa shape index (κ3) is 6.19. The molecule has 0 N–H and O–H groups in total. The van der Waals surface area contributed by atoms with Crippen LogP contribution in [0.2, 0.25) is 5.02 Å². The second kappa shape index (κ2) is 11.8. The predicted octanol–water partition coefficient (Wildman–Crippen LogP) is 3.93. The molecule has 1 aliphatic heterocycles. The number of halogens is 1. The minimum absolute atomic E-state index is 0.119. The Morgan fingerprint density at radius 2 is 1.56 bits per heavy atom. The van der Waals surface area contributed by atoms with E-state index in [1.54, 1.807) is 24.1 Å². The number of hydrogen-bond donors (Lipinski definition) is 0. The van der Waals surface area contributed by atoms with E-state index < -0.39 is 10.0 Å². The van der Waals surface area contributed by atoms with Gasteiger partial charge in [-0.2, -0.15) is 4.31 Å². The number of ether oxygens (including phenoxy) is 1. The summed E-state index contributed by atoms with van der Waals surface area (Å²) in [5, 5.41) is 0.453. The number of nitrogens with zero attached hydrogens (tertiary/aromatic N) is 3. The van der Waals surface area contributed by atoms with Gasteiger partial charge in [0, 0.05) is 37.7 Å². The van der Waals surface area contributed by atoms with Crippen molar-refractivity contribution in [3.05, 3.63) is 89.4 Å². The van der Waals surface area contributed by atoms with Crippen LogP contribution in [0.3, 0.4) is 0 Å². The van der Waals surface area contributed by atoms with Gasteiger partial charge in [0.1, 0.15) is 5.75 Å². The molecule has 0 atom stereocenters. The standard InChI is InChI=1S/C27H30ClN3O4S/c1-35-26-10-6-5-9-25(26)29-17-19-30(20-18-29)27(32)21-31(16-15-22-7-3-2-4-8-22)36(33,34)24-13-11-23(28)12-14-24/h2-14H,15-21H2,1H3. The summed E-state index contributed by atoms with van der Waals surface area (Å²) in [6.07, 6.45) is 0.502. The second-order valence-electron chi connectivity index (χ2n) is 8.57. The molecule has 36 heavy (non-hydrogen) atoms. The zero-order chi connectivity index (χ0) is 25.5. The molecule has 1 aliphatic rings. The van der Waals surface area contributed by atoms with Gasteiger partial charge in [0.25, 0.3) is 0 Å². The summed E-state index contributed by atoms with van der Waals surface area (Å²) in [6, 6.07) is 23.5. The number of hydrogen-bond acceptors (Lipinski definition) is 5. The van der Waals surface area contributed by atoms with E-state index in [0.29, 0.717) is 37.6 Å². The van der Waals surface area contributed by atoms with E-state index in [1.807, 2.05) is 54.6 Å². The Labute approximate surface area is 217 Å². The lowest BCUT2D eigenvalue weighted by molar-refractivity contribution is -0.131. The average Bonchev–Trinajstić information content (AvgIpc) is 2.91. The first-order valence-corrected chi connectivity index (χ1v) is 13.7. The highest BCUT2D eigenvalue weighted by atomic mass is 35.5. The van der Waals surface area contributed by atoms with Crippen molar-refractivity contribution in [1.82, 2.24) is 9.21 Å². The number of anilines is 1. The first kappa shape index (κ1) is 26.0. The summed E-state index contributed by atoms with van der Waals surface area (Å²) >= 11 is 5.96. The van der Waals surface area contributed by atoms with Crippen molar-refractivity contribution in [3.63, 3.8) is 0 Å². The van der Waals surface area contributed by atoms with E-state index in [1.165, 1.54) is 16.4 Å². The first-order valence-electron chi connectivity index (χ1n) is 11.8. The predicted molar refractivity (Wildman–Crippen MR) is 142 cm³/mol. The number of sulfonamides is 1. The third-order valence-electron chi connectivity index (χ3n) is 6.31. The molecule has 0 unspecified atom stereocenters. The maximum Gasteiger partial charge on any atom is 0.243 e. The fourth-order valence-corrected chi connectivity index (χ4v) is 5.79. The van der Waals surface area contributed by atoms with Crippen LogP contribution in [0.5, 0.6) is 5.75 Å². The van der Waals surface area contributed by atoms with Crippen molar-refractivity contribution in [1.29, 1.82) is 0 Å². The molecule has 0 aromatic heterocycles. The molecule has 1 fully saturated rings. The summed E-state index contributed by atoms with van der Waals surface area (Å²) in [5.41, 5.74) is 1.99. The van der Waals surface area contributed by atoms with Crippen LogP contribution in [0.15, 0.2) is 83.8 Å². The molecule has 3 aromatic rings. The minimum Gasteiger partial charge on any atom is -0.495 e. The molecular formula is C27H30ClN3O4S. The first-order chi connectivity index (χ1) is 17.4. The van der Waals surface area contributed by atoms with Gasteiger partial charge in [-0.05, 0) is 48.4 Å². The van der Waals surface area contributed by atoms with E-state index in [4.69, 9.17) is 16.3 Å². The zero-order valence-corrected chi connectivity index (χ0v) is 21.8. The molecule has 190 valence electrons. The van der Waals surface area contributed by atoms with Gasteiger partial charge in [-0.25, -0.2) is 8.42 Å². The van der Waals surface area contributed by atoms with Crippen LogP contribution in [-0.2, 0) is 21.2 Å². The molecule has 3 aromatic carbocycles. The van der Waals surface area contributed by atoms with Crippen LogP contribution in [0.4, 0.5) is 5.69 Å². The fraction of sp³-hybridized carbons (Fsp3) is 0.296. The number of para-hydroxylation sites is 2. The van der Waals surface area contributed by atoms with Gasteiger partial charge in [0.2, 0.25) is 15.9 Å². The zero-order valence-electron chi connectivity index (χ0n) is 20.2. The van der Waals surface area contributed by atoms with Gasteiger partial charge in [-0.3, -0.25) is 4.79 Å². The Morgan fingerprint density at radius 3 is 2.22 bits per heavy atom. The Balaban J connectivity index is 1.46. The minimum atomic E-state index is -3.88. The van der Waals surface area contributed by atoms with Gasteiger partial charge in [-0.15, -0.1) is 0 Å². The molecule has 0 saturated carbocycles. The van der Waals surface area contributed by atoms with Crippen molar-refractivity contribution in [3.8, 4) is 5.75 Å². The Morgan fingerprint density at radius 1 is 0.917 bits per heavy atom. The summed E-state index contributed by atoms with van der Waals surface area (Å²) in [6.45, 7) is 2.27. The molecule has 4 rings (SSSR count). The van der Waals surface area contributed by atoms with Crippen molar-refractivity contribution in [2.45, 2.75) is 11.3 Å². The maximum absolute atomic E-state index is 13.5. The second-order valence-corrected chi connectivity index (χ2v) is 10.9. The quantitative estimate of drug-likeness (QED) is 0.422. The van der Waals surface area contributed by atoms with Gasteiger partial charge < -0.3 is 14.5 Å². The number of methoxy groups -OCH3 is 1. The molecule has 7 nitrogen and oxygen atoms in total. The smallest absolute Gasteiger partial charge is 0.243 e. The molecule has 0 radical (unpaired) electrons. The number of carbonyl (C=O) groups excluding carboxylic acids is 1. The van der Waals surface area contributed by atoms with Crippen molar-refractivity contribution < 1.29 is 17.9 Å². The summed E-state index contributed by atoms with van der Waals surface area (Å²) in [7, 11) is -2.24. The van der Waals surface area contributed by atoms with Crippen molar-refractivity contribution in [2.75, 3.05) is 51.3 Å². The summed E-state index contributed by atoms with van der Waals surface area (Å²) < 4.78 is 33.7. The van der Waals surface area contributed by atoms with Crippen LogP contribution < -0.4 is 9.64 Å². The van der Waals surface area contributed by atoms with Gasteiger partial charge in [-0.1, -0.05) is 54.1 Å². The number of carbonyl (C=O) groups is 1. The van der Waals surface area contributed by atoms with E-state index in [0.717, 1.165) is 17.0 Å². The van der Waals surface area contributed by atoms with E-state index in [9.17, 15) is 13.2 Å². The van der Waals surface area contributed by atoms with E-state index >= 15 is 0 Å². The third-order valence-corrected chi connectivity index (χ3v) is 8.43. The molecular weight excluding hydrogens is 498 g/mol. The van der Waals surface area contributed by atoms with Crippen molar-refractivity contribution in [2.24, 2.45) is 0 Å². The highest BCUT2D eigenvalue weighted by Crippen LogP contribution is 2.28. The monoisotopic (exact) mass is 527 g/mol. The maximum atomic E-state index is 13.5. The average molecular weight is 528 g/mol. The topological polar surface area (TPSA) is 70.2 Å². The normalized spacial score (nSPS) is 14.2. The van der Waals surface area contributed by atoms with Crippen LogP contribution in [0.1, 0.15) is 5.56 Å². The Hall–Kier alpha value is -3.07. The SMILES string of the molecule is COc1ccccc1N1CCN(C(=O)CN(CCc2ccccc2)S(=O)(=O)c2ccc(Cl)cc2)CC1. The summed E-state index contributed by atoms with van der Waals surface area (Å²) in [4.78, 5) is 17.3. The lowest BCUT2D eigenvalue weighted by atomic mass is 10.1. The van der Waals surface area contributed by atoms with Gasteiger partial charge in [0.15, 0.2) is 0 Å². The van der Waals surface area contributed by atoms with Gasteiger partial charge >= 0.3 is 0 Å². The molecule has 1 heterocycles. The largest absolute Gasteiger partial charge is 0.495 e. The molecule has 1 amide bonds. The lowest BCUT2D eigenvalue weighted by Gasteiger charge is -2.37. The van der Waals surface area contributed by atoms with E-state index in [2.05, 4.69) is 4.90 Å². The number of benzene rings is 3. The van der Waals surface area contributed by atoms with Gasteiger partial charge in [0.05, 0.1) is 24.2 Å². The number of amides is 1. The fourth-order valence-electron chi connectivity index (χ4n) is 4.28. The van der Waals surface area contributed by atoms with Crippen LogP contribution in [-0.4, -0.2) is 69.9 Å². The van der Waals surface area contributed by atoms with E-state index in [-0.39, 0.29) is 23.9 Å². The van der Waals surface area contributed by atoms with Crippen LogP contribution in [0, 0.1) is 0 Å². The molecule has 0 spiro atoms. The highest BCUT2D eigenvalue weighted by molar-refractivity contribution is 7.89. The lowest BCUT2D eigenvalue weighted by Crippen LogP contribution is -2.52. The highest BCUT2D eigenvalue weighted by Gasteiger charge is 2.30. The van der Waals surface area contributed by atoms with Crippen LogP contribution in [0.25, 0.3) is 0 Å². The Kier molecular flexibility index (Phi) is 8.51. The molecule has 0 aliphatic carbocycles. The van der Waals surface area contributed by atoms with Crippen molar-refractivity contribution >= 4 is 33.2 Å². The summed E-state index contributed by atoms with van der Waals surface area (Å²) in [5.74, 6) is 0.582. The number of rotatable bonds is 9. The molecule has 1 saturated heterocycles. The Bertz CT molecular complexity index is 1260. The molecule has 9 heteroatoms. The van der Waals surface area contributed by atoms with Crippen LogP contribution >= 0.6 is 11.6 Å².